The van der Waals surface area contributed by atoms with Gasteiger partial charge in [0, 0.05) is 38.8 Å². The van der Waals surface area contributed by atoms with Crippen LogP contribution < -0.4 is 5.73 Å². The predicted octanol–water partition coefficient (Wildman–Crippen LogP) is 2.87. The van der Waals surface area contributed by atoms with E-state index in [1.165, 1.54) is 0 Å². The molecular weight excluding hydrogens is 501 g/mol. The van der Waals surface area contributed by atoms with Crippen molar-refractivity contribution in [3.63, 3.8) is 0 Å². The molecule has 0 bridgehead atoms. The highest BCUT2D eigenvalue weighted by Gasteiger charge is 2.35. The van der Waals surface area contributed by atoms with Gasteiger partial charge in [-0.05, 0) is 54.4 Å². The summed E-state index contributed by atoms with van der Waals surface area (Å²) < 4.78 is 10.9. The normalized spacial score (nSPS) is 17.9. The van der Waals surface area contributed by atoms with E-state index in [2.05, 4.69) is 4.99 Å². The summed E-state index contributed by atoms with van der Waals surface area (Å²) in [5.41, 5.74) is 5.12. The molecule has 0 unspecified atom stereocenters. The molecule has 0 spiro atoms. The molecule has 30 heavy (non-hydrogen) atoms. The average Bonchev–Trinajstić information content (AvgIpc) is 3.40. The summed E-state index contributed by atoms with van der Waals surface area (Å²) in [6, 6.07) is 0.249. The van der Waals surface area contributed by atoms with Crippen molar-refractivity contribution in [1.82, 2.24) is 14.7 Å². The molecule has 2 N–H and O–H groups in total. The van der Waals surface area contributed by atoms with Gasteiger partial charge in [0.1, 0.15) is 11.2 Å². The zero-order valence-electron chi connectivity index (χ0n) is 19.1. The number of ether oxygens (including phenoxy) is 2. The van der Waals surface area contributed by atoms with Crippen molar-refractivity contribution in [3.05, 3.63) is 0 Å². The summed E-state index contributed by atoms with van der Waals surface area (Å²) in [5, 5.41) is 0. The first-order valence-electron chi connectivity index (χ1n) is 10.4. The number of nitrogens with zero attached hydrogens (tertiary/aromatic N) is 4. The quantitative estimate of drug-likeness (QED) is 0.335. The molecular formula is C20H38IN5O4. The van der Waals surface area contributed by atoms with Crippen molar-refractivity contribution in [3.8, 4) is 0 Å². The Morgan fingerprint density at radius 2 is 1.47 bits per heavy atom. The lowest BCUT2D eigenvalue weighted by Gasteiger charge is -2.36. The minimum absolute atomic E-state index is 0. The van der Waals surface area contributed by atoms with E-state index in [0.29, 0.717) is 45.2 Å². The van der Waals surface area contributed by atoms with E-state index >= 15 is 0 Å². The number of hydrogen-bond donors (Lipinski definition) is 1. The second-order valence-corrected chi connectivity index (χ2v) is 9.60. The van der Waals surface area contributed by atoms with Crippen molar-refractivity contribution < 1.29 is 19.1 Å². The fourth-order valence-corrected chi connectivity index (χ4v) is 2.95. The van der Waals surface area contributed by atoms with Crippen LogP contribution in [0.3, 0.4) is 0 Å². The van der Waals surface area contributed by atoms with Crippen molar-refractivity contribution in [1.29, 1.82) is 0 Å². The monoisotopic (exact) mass is 539 g/mol. The minimum atomic E-state index is -0.514. The summed E-state index contributed by atoms with van der Waals surface area (Å²) in [7, 11) is 0. The lowest BCUT2D eigenvalue weighted by molar-refractivity contribution is 0.0185. The molecule has 1 saturated carbocycles. The standard InChI is InChI=1S/C20H37N5O4.HI/c1-19(2,3)28-17(26)24-13-11-23(12-14-24)16(21)22-9-10-25(15-7-8-15)18(27)29-20(4,5)6;/h15H,7-14H2,1-6H3,(H2,21,22);1H. The van der Waals surface area contributed by atoms with Gasteiger partial charge in [0.05, 0.1) is 6.54 Å². The molecule has 174 valence electrons. The number of aliphatic imine (C=N–C) groups is 1. The first kappa shape index (κ1) is 26.6. The number of guanidine groups is 1. The van der Waals surface area contributed by atoms with Gasteiger partial charge in [-0.2, -0.15) is 0 Å². The highest BCUT2D eigenvalue weighted by molar-refractivity contribution is 14.0. The number of hydrogen-bond acceptors (Lipinski definition) is 5. The summed E-state index contributed by atoms with van der Waals surface area (Å²) in [6.07, 6.45) is 1.42. The van der Waals surface area contributed by atoms with Gasteiger partial charge in [0.2, 0.25) is 0 Å². The van der Waals surface area contributed by atoms with Crippen LogP contribution in [0.15, 0.2) is 4.99 Å². The van der Waals surface area contributed by atoms with E-state index in [1.807, 2.05) is 46.4 Å². The van der Waals surface area contributed by atoms with Crippen molar-refractivity contribution in [2.24, 2.45) is 10.7 Å². The van der Waals surface area contributed by atoms with Crippen molar-refractivity contribution >= 4 is 42.1 Å². The van der Waals surface area contributed by atoms with Crippen molar-refractivity contribution in [2.45, 2.75) is 71.6 Å². The largest absolute Gasteiger partial charge is 0.444 e. The van der Waals surface area contributed by atoms with Gasteiger partial charge < -0.3 is 29.9 Å². The van der Waals surface area contributed by atoms with Crippen LogP contribution in [-0.2, 0) is 9.47 Å². The fourth-order valence-electron chi connectivity index (χ4n) is 2.95. The first-order chi connectivity index (χ1) is 13.4. The van der Waals surface area contributed by atoms with E-state index in [0.717, 1.165) is 12.8 Å². The lowest BCUT2D eigenvalue weighted by atomic mass is 10.2. The number of piperazine rings is 1. The van der Waals surface area contributed by atoms with Crippen LogP contribution in [0.1, 0.15) is 54.4 Å². The highest BCUT2D eigenvalue weighted by atomic mass is 127. The number of nitrogens with two attached hydrogens (primary N) is 1. The fraction of sp³-hybridized carbons (Fsp3) is 0.850. The second-order valence-electron chi connectivity index (χ2n) is 9.60. The molecule has 9 nitrogen and oxygen atoms in total. The third-order valence-electron chi connectivity index (χ3n) is 4.49. The maximum absolute atomic E-state index is 12.4. The first-order valence-corrected chi connectivity index (χ1v) is 10.4. The van der Waals surface area contributed by atoms with Gasteiger partial charge in [-0.1, -0.05) is 0 Å². The SMILES string of the molecule is CC(C)(C)OC(=O)N1CCN(C(N)=NCCN(C(=O)OC(C)(C)C)C2CC2)CC1.I. The van der Waals surface area contributed by atoms with E-state index < -0.39 is 11.2 Å². The average molecular weight is 539 g/mol. The summed E-state index contributed by atoms with van der Waals surface area (Å²) in [4.78, 5) is 34.4. The molecule has 2 amide bonds. The maximum Gasteiger partial charge on any atom is 0.410 e. The molecule has 10 heteroatoms. The van der Waals surface area contributed by atoms with Gasteiger partial charge in [-0.3, -0.25) is 4.99 Å². The zero-order chi connectivity index (χ0) is 21.8. The van der Waals surface area contributed by atoms with E-state index in [9.17, 15) is 9.59 Å². The minimum Gasteiger partial charge on any atom is -0.444 e. The summed E-state index contributed by atoms with van der Waals surface area (Å²) in [5.74, 6) is 0.439. The molecule has 0 aromatic carbocycles. The molecule has 0 atom stereocenters. The van der Waals surface area contributed by atoms with E-state index in [-0.39, 0.29) is 42.2 Å². The van der Waals surface area contributed by atoms with Crippen LogP contribution >= 0.6 is 24.0 Å². The molecule has 0 radical (unpaired) electrons. The molecule has 2 rings (SSSR count). The third-order valence-corrected chi connectivity index (χ3v) is 4.49. The van der Waals surface area contributed by atoms with Gasteiger partial charge in [0.15, 0.2) is 5.96 Å². The van der Waals surface area contributed by atoms with Crippen molar-refractivity contribution in [2.75, 3.05) is 39.3 Å². The Labute approximate surface area is 197 Å². The Hall–Kier alpha value is -1.46. The number of amides is 2. The number of halogens is 1. The molecule has 1 aliphatic heterocycles. The van der Waals surface area contributed by atoms with Crippen LogP contribution in [0.25, 0.3) is 0 Å². The lowest BCUT2D eigenvalue weighted by Crippen LogP contribution is -2.53. The molecule has 1 heterocycles. The Kier molecular flexibility index (Phi) is 9.50. The second kappa shape index (κ2) is 10.7. The van der Waals surface area contributed by atoms with E-state index in [1.54, 1.807) is 9.80 Å². The van der Waals surface area contributed by atoms with Crippen LogP contribution in [0, 0.1) is 0 Å². The Morgan fingerprint density at radius 3 is 1.93 bits per heavy atom. The Morgan fingerprint density at radius 1 is 0.967 bits per heavy atom. The zero-order valence-corrected chi connectivity index (χ0v) is 21.5. The van der Waals surface area contributed by atoms with Gasteiger partial charge >= 0.3 is 12.2 Å². The summed E-state index contributed by atoms with van der Waals surface area (Å²) in [6.45, 7) is 14.4. The van der Waals surface area contributed by atoms with Crippen LogP contribution in [0.2, 0.25) is 0 Å². The number of carbonyl (C=O) groups excluding carboxylic acids is 2. The van der Waals surface area contributed by atoms with E-state index in [4.69, 9.17) is 15.2 Å². The van der Waals surface area contributed by atoms with Crippen LogP contribution in [0.5, 0.6) is 0 Å². The van der Waals surface area contributed by atoms with Crippen LogP contribution in [0.4, 0.5) is 9.59 Å². The Balaban J connectivity index is 0.00000450. The maximum atomic E-state index is 12.4. The van der Waals surface area contributed by atoms with Crippen LogP contribution in [-0.4, -0.2) is 89.4 Å². The molecule has 1 saturated heterocycles. The number of carbonyl (C=O) groups is 2. The third kappa shape index (κ3) is 9.13. The number of rotatable bonds is 4. The topological polar surface area (TPSA) is 101 Å². The van der Waals surface area contributed by atoms with Gasteiger partial charge in [-0.15, -0.1) is 24.0 Å². The molecule has 0 aromatic rings. The molecule has 1 aliphatic carbocycles. The summed E-state index contributed by atoms with van der Waals surface area (Å²) >= 11 is 0. The molecule has 2 aliphatic rings. The molecule has 0 aromatic heterocycles. The Bertz CT molecular complexity index is 618. The molecule has 2 fully saturated rings. The van der Waals surface area contributed by atoms with Gasteiger partial charge in [-0.25, -0.2) is 9.59 Å². The van der Waals surface area contributed by atoms with Gasteiger partial charge in [0.25, 0.3) is 0 Å². The highest BCUT2D eigenvalue weighted by Crippen LogP contribution is 2.28. The smallest absolute Gasteiger partial charge is 0.410 e. The predicted molar refractivity (Wildman–Crippen MR) is 127 cm³/mol.